The second-order valence-electron chi connectivity index (χ2n) is 2.49. The molecule has 0 fully saturated rings. The van der Waals surface area contributed by atoms with Crippen LogP contribution < -0.4 is 5.73 Å². The van der Waals surface area contributed by atoms with Crippen molar-refractivity contribution >= 4 is 0 Å². The lowest BCUT2D eigenvalue weighted by Crippen LogP contribution is -2.28. The Kier molecular flexibility index (Phi) is 4.19. The molecule has 2 N–H and O–H groups in total. The number of hydrogen-bond donors (Lipinski definition) is 1. The number of halogens is 2. The van der Waals surface area contributed by atoms with Gasteiger partial charge in [0, 0.05) is 0 Å². The molecule has 0 aromatic rings. The summed E-state index contributed by atoms with van der Waals surface area (Å²) < 4.78 is 23.4. The van der Waals surface area contributed by atoms with Crippen LogP contribution >= 0.6 is 0 Å². The van der Waals surface area contributed by atoms with Crippen LogP contribution in [0.5, 0.6) is 0 Å². The Bertz CT molecular complexity index is 112. The van der Waals surface area contributed by atoms with Gasteiger partial charge in [-0.05, 0) is 19.8 Å². The zero-order valence-corrected chi connectivity index (χ0v) is 6.11. The van der Waals surface area contributed by atoms with Gasteiger partial charge in [0.25, 0.3) is 6.43 Å². The van der Waals surface area contributed by atoms with E-state index in [0.29, 0.717) is 12.8 Å². The maximum atomic E-state index is 11.7. The van der Waals surface area contributed by atoms with Crippen LogP contribution in [0, 0.1) is 0 Å². The number of rotatable bonds is 4. The van der Waals surface area contributed by atoms with E-state index in [9.17, 15) is 8.78 Å². The predicted molar refractivity (Wildman–Crippen MR) is 38.0 cm³/mol. The summed E-state index contributed by atoms with van der Waals surface area (Å²) >= 11 is 0. The van der Waals surface area contributed by atoms with Crippen LogP contribution in [0.2, 0.25) is 0 Å². The fourth-order valence-electron chi connectivity index (χ4n) is 0.539. The summed E-state index contributed by atoms with van der Waals surface area (Å²) in [5.41, 5.74) is 5.97. The van der Waals surface area contributed by atoms with E-state index in [-0.39, 0.29) is 0 Å². The van der Waals surface area contributed by atoms with Crippen molar-refractivity contribution in [1.29, 1.82) is 0 Å². The third-order valence-electron chi connectivity index (χ3n) is 1.23. The highest BCUT2D eigenvalue weighted by Crippen LogP contribution is 2.08. The van der Waals surface area contributed by atoms with E-state index in [1.165, 1.54) is 0 Å². The lowest BCUT2D eigenvalue weighted by atomic mass is 10.1. The van der Waals surface area contributed by atoms with Gasteiger partial charge in [0.1, 0.15) is 0 Å². The number of allylic oxidation sites excluding steroid dienone is 1. The smallest absolute Gasteiger partial charge is 0.253 e. The molecule has 0 aromatic carbocycles. The van der Waals surface area contributed by atoms with E-state index in [2.05, 4.69) is 6.58 Å². The molecule has 0 spiro atoms. The van der Waals surface area contributed by atoms with E-state index in [0.717, 1.165) is 5.57 Å². The summed E-state index contributed by atoms with van der Waals surface area (Å²) in [5, 5.41) is 0. The third-order valence-corrected chi connectivity index (χ3v) is 1.23. The van der Waals surface area contributed by atoms with Crippen molar-refractivity contribution in [3.8, 4) is 0 Å². The predicted octanol–water partition coefficient (Wildman–Crippen LogP) is 1.94. The average Bonchev–Trinajstić information content (AvgIpc) is 1.82. The lowest BCUT2D eigenvalue weighted by Gasteiger charge is -2.08. The Hall–Kier alpha value is -0.440. The summed E-state index contributed by atoms with van der Waals surface area (Å²) in [4.78, 5) is 0. The van der Waals surface area contributed by atoms with Crippen LogP contribution in [0.4, 0.5) is 8.78 Å². The molecule has 1 unspecified atom stereocenters. The minimum atomic E-state index is -2.40. The SMILES string of the molecule is C=C(C)CCC(N)C(F)F. The maximum Gasteiger partial charge on any atom is 0.253 e. The third kappa shape index (κ3) is 4.44. The quantitative estimate of drug-likeness (QED) is 0.607. The van der Waals surface area contributed by atoms with E-state index >= 15 is 0 Å². The van der Waals surface area contributed by atoms with Gasteiger partial charge in [-0.1, -0.05) is 5.57 Å². The van der Waals surface area contributed by atoms with Crippen LogP contribution in [0.1, 0.15) is 19.8 Å². The molecule has 1 nitrogen and oxygen atoms in total. The first-order valence-corrected chi connectivity index (χ1v) is 3.22. The molecule has 0 aliphatic carbocycles. The minimum Gasteiger partial charge on any atom is -0.323 e. The van der Waals surface area contributed by atoms with Gasteiger partial charge in [-0.2, -0.15) is 0 Å². The van der Waals surface area contributed by atoms with Crippen LogP contribution in [-0.2, 0) is 0 Å². The highest BCUT2D eigenvalue weighted by Gasteiger charge is 2.13. The Morgan fingerprint density at radius 2 is 2.10 bits per heavy atom. The highest BCUT2D eigenvalue weighted by atomic mass is 19.3. The number of hydrogen-bond acceptors (Lipinski definition) is 1. The van der Waals surface area contributed by atoms with Gasteiger partial charge >= 0.3 is 0 Å². The molecule has 3 heteroatoms. The highest BCUT2D eigenvalue weighted by molar-refractivity contribution is 4.89. The van der Waals surface area contributed by atoms with Crippen molar-refractivity contribution in [2.24, 2.45) is 5.73 Å². The molecular weight excluding hydrogens is 136 g/mol. The minimum absolute atomic E-state index is 0.326. The fraction of sp³-hybridized carbons (Fsp3) is 0.714. The van der Waals surface area contributed by atoms with Crippen molar-refractivity contribution < 1.29 is 8.78 Å². The van der Waals surface area contributed by atoms with Gasteiger partial charge in [-0.3, -0.25) is 0 Å². The monoisotopic (exact) mass is 149 g/mol. The van der Waals surface area contributed by atoms with Crippen LogP contribution in [0.3, 0.4) is 0 Å². The number of nitrogens with two attached hydrogens (primary N) is 1. The molecule has 0 aliphatic rings. The van der Waals surface area contributed by atoms with E-state index in [4.69, 9.17) is 5.73 Å². The molecule has 0 bridgehead atoms. The Morgan fingerprint density at radius 1 is 1.60 bits per heavy atom. The largest absolute Gasteiger partial charge is 0.323 e. The second kappa shape index (κ2) is 4.39. The van der Waals surface area contributed by atoms with Crippen LogP contribution in [0.25, 0.3) is 0 Å². The zero-order chi connectivity index (χ0) is 8.15. The molecule has 0 aliphatic heterocycles. The Balaban J connectivity index is 3.39. The van der Waals surface area contributed by atoms with Gasteiger partial charge in [0.15, 0.2) is 0 Å². The molecule has 0 heterocycles. The van der Waals surface area contributed by atoms with Gasteiger partial charge < -0.3 is 5.73 Å². The summed E-state index contributed by atoms with van der Waals surface area (Å²) in [6.07, 6.45) is -1.49. The topological polar surface area (TPSA) is 26.0 Å². The fourth-order valence-corrected chi connectivity index (χ4v) is 0.539. The van der Waals surface area contributed by atoms with E-state index in [1.807, 2.05) is 0 Å². The van der Waals surface area contributed by atoms with Crippen molar-refractivity contribution in [3.63, 3.8) is 0 Å². The van der Waals surface area contributed by atoms with Gasteiger partial charge in [-0.25, -0.2) is 8.78 Å². The van der Waals surface area contributed by atoms with Gasteiger partial charge in [0.05, 0.1) is 6.04 Å². The summed E-state index contributed by atoms with van der Waals surface area (Å²) in [5.74, 6) is 0. The standard InChI is InChI=1S/C7H13F2N/c1-5(2)3-4-6(10)7(8)9/h6-7H,1,3-4,10H2,2H3. The molecule has 0 amide bonds. The summed E-state index contributed by atoms with van der Waals surface area (Å²) in [7, 11) is 0. The Morgan fingerprint density at radius 3 is 2.40 bits per heavy atom. The Labute approximate surface area is 59.9 Å². The van der Waals surface area contributed by atoms with Gasteiger partial charge in [0.2, 0.25) is 0 Å². The molecular formula is C7H13F2N. The zero-order valence-electron chi connectivity index (χ0n) is 6.11. The first-order valence-electron chi connectivity index (χ1n) is 3.22. The molecule has 0 radical (unpaired) electrons. The normalized spacial score (nSPS) is 13.7. The maximum absolute atomic E-state index is 11.7. The van der Waals surface area contributed by atoms with E-state index < -0.39 is 12.5 Å². The average molecular weight is 149 g/mol. The van der Waals surface area contributed by atoms with Crippen LogP contribution in [-0.4, -0.2) is 12.5 Å². The molecule has 1 atom stereocenters. The lowest BCUT2D eigenvalue weighted by molar-refractivity contribution is 0.112. The van der Waals surface area contributed by atoms with Crippen molar-refractivity contribution in [2.75, 3.05) is 0 Å². The molecule has 0 rings (SSSR count). The molecule has 0 aromatic heterocycles. The first-order chi connectivity index (χ1) is 4.54. The summed E-state index contributed by atoms with van der Waals surface area (Å²) in [6, 6.07) is -0.989. The van der Waals surface area contributed by atoms with Gasteiger partial charge in [-0.15, -0.1) is 6.58 Å². The van der Waals surface area contributed by atoms with Crippen molar-refractivity contribution in [1.82, 2.24) is 0 Å². The molecule has 60 valence electrons. The molecule has 0 saturated heterocycles. The second-order valence-corrected chi connectivity index (χ2v) is 2.49. The first kappa shape index (κ1) is 9.56. The van der Waals surface area contributed by atoms with Crippen LogP contribution in [0.15, 0.2) is 12.2 Å². The number of alkyl halides is 2. The summed E-state index contributed by atoms with van der Waals surface area (Å²) in [6.45, 7) is 5.39. The van der Waals surface area contributed by atoms with E-state index in [1.54, 1.807) is 6.92 Å². The molecule has 0 saturated carbocycles. The molecule has 10 heavy (non-hydrogen) atoms. The van der Waals surface area contributed by atoms with Crippen molar-refractivity contribution in [2.45, 2.75) is 32.2 Å². The van der Waals surface area contributed by atoms with Crippen molar-refractivity contribution in [3.05, 3.63) is 12.2 Å².